The molecule has 0 bridgehead atoms. The van der Waals surface area contributed by atoms with Crippen molar-refractivity contribution in [3.05, 3.63) is 129 Å². The third-order valence-corrected chi connectivity index (χ3v) is 9.97. The molecule has 1 aromatic heterocycles. The van der Waals surface area contributed by atoms with Crippen LogP contribution in [-0.2, 0) is 16.1 Å². The molecule has 0 spiro atoms. The second-order valence-corrected chi connectivity index (χ2v) is 13.5. The predicted octanol–water partition coefficient (Wildman–Crippen LogP) is 6.91. The maximum Gasteiger partial charge on any atom is 0.337 e. The SMILES string of the molecule is CCOc1ccc([C@@H]2C(C(=O)OC)=CN=c3s/c(=C\c4cc(Br)c(OCc5cccc6ccccc56)c(I)c4)c(=O)n32)cc1OCC. The highest BCUT2D eigenvalue weighted by molar-refractivity contribution is 14.1. The molecule has 6 rings (SSSR count). The number of fused-ring (bicyclic) bond motifs is 2. The molecule has 4 aromatic carbocycles. The van der Waals surface area contributed by atoms with Crippen LogP contribution >= 0.6 is 49.9 Å². The van der Waals surface area contributed by atoms with Gasteiger partial charge in [0.25, 0.3) is 5.56 Å². The number of hydrogen-bond acceptors (Lipinski definition) is 8. The summed E-state index contributed by atoms with van der Waals surface area (Å²) in [5, 5.41) is 2.32. The lowest BCUT2D eigenvalue weighted by Crippen LogP contribution is -2.39. The fourth-order valence-corrected chi connectivity index (χ4v) is 8.25. The zero-order valence-corrected chi connectivity index (χ0v) is 30.3. The van der Waals surface area contributed by atoms with Crippen LogP contribution in [0.4, 0.5) is 0 Å². The average molecular weight is 826 g/mol. The number of benzene rings is 4. The quantitative estimate of drug-likeness (QED) is 0.112. The maximum atomic E-state index is 14.1. The third-order valence-electron chi connectivity index (χ3n) is 7.58. The van der Waals surface area contributed by atoms with E-state index in [0.29, 0.717) is 46.2 Å². The van der Waals surface area contributed by atoms with Gasteiger partial charge in [0.05, 0.1) is 44.5 Å². The smallest absolute Gasteiger partial charge is 0.337 e. The molecule has 11 heteroatoms. The first-order valence-electron chi connectivity index (χ1n) is 14.9. The first kappa shape index (κ1) is 33.0. The van der Waals surface area contributed by atoms with Crippen molar-refractivity contribution >= 4 is 72.7 Å². The van der Waals surface area contributed by atoms with Gasteiger partial charge in [0.2, 0.25) is 0 Å². The molecule has 0 N–H and O–H groups in total. The Hall–Kier alpha value is -3.94. The van der Waals surface area contributed by atoms with Gasteiger partial charge in [0, 0.05) is 6.20 Å². The van der Waals surface area contributed by atoms with Gasteiger partial charge in [-0.25, -0.2) is 9.79 Å². The summed E-state index contributed by atoms with van der Waals surface area (Å²) in [6.07, 6.45) is 3.30. The van der Waals surface area contributed by atoms with Gasteiger partial charge in [-0.3, -0.25) is 9.36 Å². The monoisotopic (exact) mass is 824 g/mol. The van der Waals surface area contributed by atoms with Crippen LogP contribution in [0.3, 0.4) is 0 Å². The van der Waals surface area contributed by atoms with E-state index in [1.165, 1.54) is 29.2 Å². The molecule has 0 amide bonds. The fourth-order valence-electron chi connectivity index (χ4n) is 5.51. The maximum absolute atomic E-state index is 14.1. The van der Waals surface area contributed by atoms with Crippen LogP contribution in [-0.4, -0.2) is 30.9 Å². The molecule has 1 aliphatic heterocycles. The summed E-state index contributed by atoms with van der Waals surface area (Å²) in [7, 11) is 1.31. The second-order valence-electron chi connectivity index (χ2n) is 10.5. The van der Waals surface area contributed by atoms with Gasteiger partial charge in [-0.15, -0.1) is 0 Å². The Labute approximate surface area is 297 Å². The van der Waals surface area contributed by atoms with Crippen molar-refractivity contribution in [3.63, 3.8) is 0 Å². The first-order valence-corrected chi connectivity index (χ1v) is 17.6. The summed E-state index contributed by atoms with van der Waals surface area (Å²) in [6, 6.07) is 23.0. The summed E-state index contributed by atoms with van der Waals surface area (Å²) < 4.78 is 26.6. The number of aromatic nitrogens is 1. The second kappa shape index (κ2) is 14.4. The Kier molecular flexibility index (Phi) is 10.1. The summed E-state index contributed by atoms with van der Waals surface area (Å²) in [4.78, 5) is 31.9. The minimum atomic E-state index is -0.771. The zero-order valence-electron chi connectivity index (χ0n) is 25.8. The van der Waals surface area contributed by atoms with E-state index in [1.54, 1.807) is 12.1 Å². The number of ether oxygens (including phenoxy) is 4. The summed E-state index contributed by atoms with van der Waals surface area (Å²) >= 11 is 7.19. The van der Waals surface area contributed by atoms with Crippen molar-refractivity contribution < 1.29 is 23.7 Å². The summed E-state index contributed by atoms with van der Waals surface area (Å²) in [6.45, 7) is 5.08. The van der Waals surface area contributed by atoms with Crippen molar-refractivity contribution in [1.29, 1.82) is 0 Å². The number of rotatable bonds is 10. The largest absolute Gasteiger partial charge is 0.490 e. The van der Waals surface area contributed by atoms with E-state index in [4.69, 9.17) is 18.9 Å². The van der Waals surface area contributed by atoms with Crippen molar-refractivity contribution in [2.75, 3.05) is 20.3 Å². The molecular weight excluding hydrogens is 795 g/mol. The normalized spacial score (nSPS) is 14.3. The molecule has 1 atom stereocenters. The molecule has 0 saturated carbocycles. The first-order chi connectivity index (χ1) is 22.8. The van der Waals surface area contributed by atoms with E-state index in [0.717, 1.165) is 35.7 Å². The zero-order chi connectivity index (χ0) is 33.1. The van der Waals surface area contributed by atoms with Gasteiger partial charge in [0.15, 0.2) is 16.3 Å². The highest BCUT2D eigenvalue weighted by Crippen LogP contribution is 2.36. The van der Waals surface area contributed by atoms with Crippen LogP contribution in [0.2, 0.25) is 0 Å². The predicted molar refractivity (Wildman–Crippen MR) is 195 cm³/mol. The van der Waals surface area contributed by atoms with Crippen molar-refractivity contribution in [2.24, 2.45) is 4.99 Å². The van der Waals surface area contributed by atoms with E-state index < -0.39 is 12.0 Å². The highest BCUT2D eigenvalue weighted by Gasteiger charge is 2.31. The molecule has 2 heterocycles. The van der Waals surface area contributed by atoms with Crippen LogP contribution in [0, 0.1) is 3.57 Å². The molecule has 0 radical (unpaired) electrons. The van der Waals surface area contributed by atoms with Crippen LogP contribution in [0.15, 0.2) is 98.8 Å². The van der Waals surface area contributed by atoms with Crippen LogP contribution in [0.25, 0.3) is 16.8 Å². The average Bonchev–Trinajstić information content (AvgIpc) is 3.39. The van der Waals surface area contributed by atoms with Gasteiger partial charge in [0.1, 0.15) is 12.4 Å². The number of nitrogens with zero attached hydrogens (tertiary/aromatic N) is 2. The molecular formula is C36H30BrIN2O6S. The number of carbonyl (C=O) groups excluding carboxylic acids is 1. The fraction of sp³-hybridized carbons (Fsp3) is 0.194. The van der Waals surface area contributed by atoms with Crippen LogP contribution in [0.5, 0.6) is 17.2 Å². The molecule has 0 saturated heterocycles. The van der Waals surface area contributed by atoms with Gasteiger partial charge >= 0.3 is 5.97 Å². The lowest BCUT2D eigenvalue weighted by Gasteiger charge is -2.23. The molecule has 0 aliphatic carbocycles. The van der Waals surface area contributed by atoms with E-state index in [9.17, 15) is 9.59 Å². The highest BCUT2D eigenvalue weighted by atomic mass is 127. The lowest BCUT2D eigenvalue weighted by atomic mass is 9.97. The Morgan fingerprint density at radius 2 is 1.77 bits per heavy atom. The lowest BCUT2D eigenvalue weighted by molar-refractivity contribution is -0.136. The number of esters is 1. The molecule has 5 aromatic rings. The molecule has 47 heavy (non-hydrogen) atoms. The van der Waals surface area contributed by atoms with Crippen molar-refractivity contribution in [2.45, 2.75) is 26.5 Å². The van der Waals surface area contributed by atoms with E-state index in [2.05, 4.69) is 67.8 Å². The summed E-state index contributed by atoms with van der Waals surface area (Å²) in [5.74, 6) is 1.26. The molecule has 1 aliphatic rings. The van der Waals surface area contributed by atoms with Gasteiger partial charge in [-0.1, -0.05) is 59.9 Å². The Bertz CT molecular complexity index is 2180. The third kappa shape index (κ3) is 6.74. The van der Waals surface area contributed by atoms with Crippen molar-refractivity contribution in [3.8, 4) is 17.2 Å². The van der Waals surface area contributed by atoms with Gasteiger partial charge in [-0.2, -0.15) is 0 Å². The molecule has 240 valence electrons. The topological polar surface area (TPSA) is 88.4 Å². The van der Waals surface area contributed by atoms with Crippen LogP contribution < -0.4 is 29.1 Å². The standard InChI is InChI=1S/C36H30BrIN2O6S/c1-4-44-29-14-13-23(18-30(29)45-5-2)32-26(35(42)43-3)19-39-36-40(32)34(41)31(47-36)17-21-15-27(37)33(28(38)16-21)46-20-24-11-8-10-22-9-6-7-12-25(22)24/h6-19,32H,4-5,20H2,1-3H3/b31-17-/t32-/m1/s1. The van der Waals surface area contributed by atoms with E-state index in [1.807, 2.05) is 56.3 Å². The molecule has 8 nitrogen and oxygen atoms in total. The number of hydrogen-bond donors (Lipinski definition) is 0. The number of thiazole rings is 1. The van der Waals surface area contributed by atoms with Gasteiger partial charge in [-0.05, 0) is 110 Å². The number of methoxy groups -OCH3 is 1. The molecule has 0 fully saturated rings. The minimum absolute atomic E-state index is 0.239. The molecule has 0 unspecified atom stereocenters. The Morgan fingerprint density at radius 3 is 2.53 bits per heavy atom. The number of carbonyl (C=O) groups is 1. The Balaban J connectivity index is 1.36. The van der Waals surface area contributed by atoms with E-state index in [-0.39, 0.29) is 11.1 Å². The van der Waals surface area contributed by atoms with E-state index >= 15 is 0 Å². The summed E-state index contributed by atoms with van der Waals surface area (Å²) in [5.41, 5.74) is 2.54. The van der Waals surface area contributed by atoms with Crippen LogP contribution in [0.1, 0.15) is 36.6 Å². The minimum Gasteiger partial charge on any atom is -0.490 e. The van der Waals surface area contributed by atoms with Crippen molar-refractivity contribution in [1.82, 2.24) is 4.57 Å². The Morgan fingerprint density at radius 1 is 1.00 bits per heavy atom. The number of halogens is 2. The van der Waals surface area contributed by atoms with Gasteiger partial charge < -0.3 is 18.9 Å².